The van der Waals surface area contributed by atoms with Crippen LogP contribution in [-0.4, -0.2) is 79.3 Å². The molecule has 1 aliphatic carbocycles. The Hall–Kier alpha value is -3.39. The second kappa shape index (κ2) is 12.4. The Balaban J connectivity index is 1.53. The monoisotopic (exact) mass is 481 g/mol. The number of carbonyl (C=O) groups excluding carboxylic acids is 2. The van der Waals surface area contributed by atoms with Crippen LogP contribution in [0.25, 0.3) is 11.1 Å². The van der Waals surface area contributed by atoms with Crippen molar-refractivity contribution >= 4 is 18.0 Å². The predicted octanol–water partition coefficient (Wildman–Crippen LogP) is 3.56. The molecule has 188 valence electrons. The molecule has 2 aromatic rings. The Bertz CT molecular complexity index is 993. The fourth-order valence-electron chi connectivity index (χ4n) is 4.42. The Morgan fingerprint density at radius 1 is 1.00 bits per heavy atom. The van der Waals surface area contributed by atoms with Gasteiger partial charge in [-0.2, -0.15) is 0 Å². The van der Waals surface area contributed by atoms with E-state index in [0.29, 0.717) is 25.9 Å². The summed E-state index contributed by atoms with van der Waals surface area (Å²) in [5, 5.41) is 12.0. The van der Waals surface area contributed by atoms with E-state index in [2.05, 4.69) is 29.6 Å². The highest BCUT2D eigenvalue weighted by Crippen LogP contribution is 2.44. The van der Waals surface area contributed by atoms with Crippen LogP contribution in [0.5, 0.6) is 0 Å². The minimum atomic E-state index is -1.04. The second-order valence-corrected chi connectivity index (χ2v) is 9.13. The number of amides is 2. The number of carboxylic acids is 1. The number of benzene rings is 2. The van der Waals surface area contributed by atoms with Gasteiger partial charge in [-0.25, -0.2) is 4.79 Å². The van der Waals surface area contributed by atoms with E-state index in [-0.39, 0.29) is 37.4 Å². The van der Waals surface area contributed by atoms with Gasteiger partial charge in [0.15, 0.2) is 0 Å². The summed E-state index contributed by atoms with van der Waals surface area (Å²) in [6, 6.07) is 16.1. The van der Waals surface area contributed by atoms with Crippen LogP contribution in [0.15, 0.2) is 48.5 Å². The van der Waals surface area contributed by atoms with Crippen LogP contribution in [0, 0.1) is 0 Å². The van der Waals surface area contributed by atoms with E-state index in [1.807, 2.05) is 50.2 Å². The van der Waals surface area contributed by atoms with Crippen molar-refractivity contribution in [1.29, 1.82) is 0 Å². The lowest BCUT2D eigenvalue weighted by Gasteiger charge is -2.24. The minimum absolute atomic E-state index is 0.0175. The molecule has 0 radical (unpaired) electrons. The largest absolute Gasteiger partial charge is 0.480 e. The van der Waals surface area contributed by atoms with Crippen LogP contribution in [-0.2, 0) is 14.3 Å². The number of alkyl carbamates (subject to hydrolysis) is 1. The van der Waals surface area contributed by atoms with Crippen molar-refractivity contribution in [2.45, 2.75) is 38.1 Å². The molecule has 0 saturated heterocycles. The number of nitrogens with one attached hydrogen (secondary N) is 1. The van der Waals surface area contributed by atoms with Gasteiger partial charge in [-0.3, -0.25) is 9.59 Å². The topological polar surface area (TPSA) is 99.2 Å². The molecule has 3 rings (SSSR count). The number of likely N-dealkylation sites (N-methyl/N-ethyl adjacent to an activating group) is 1. The maximum Gasteiger partial charge on any atom is 0.407 e. The molecular weight excluding hydrogens is 446 g/mol. The van der Waals surface area contributed by atoms with Gasteiger partial charge in [0.05, 0.1) is 0 Å². The first-order valence-corrected chi connectivity index (χ1v) is 12.1. The maximum absolute atomic E-state index is 12.6. The highest BCUT2D eigenvalue weighted by atomic mass is 16.5. The fraction of sp³-hybridized carbons (Fsp3) is 0.444. The van der Waals surface area contributed by atoms with E-state index in [0.717, 1.165) is 11.1 Å². The number of aliphatic carboxylic acids is 1. The summed E-state index contributed by atoms with van der Waals surface area (Å²) in [5.41, 5.74) is 4.63. The van der Waals surface area contributed by atoms with Crippen LogP contribution in [0.3, 0.4) is 0 Å². The van der Waals surface area contributed by atoms with Gasteiger partial charge in [0.1, 0.15) is 13.2 Å². The molecule has 0 aromatic heterocycles. The van der Waals surface area contributed by atoms with Crippen molar-refractivity contribution in [2.24, 2.45) is 0 Å². The van der Waals surface area contributed by atoms with Gasteiger partial charge in [0.2, 0.25) is 5.91 Å². The number of hydrogen-bond donors (Lipinski definition) is 2. The molecule has 1 unspecified atom stereocenters. The van der Waals surface area contributed by atoms with Gasteiger partial charge in [0, 0.05) is 31.5 Å². The smallest absolute Gasteiger partial charge is 0.407 e. The summed E-state index contributed by atoms with van der Waals surface area (Å²) in [4.78, 5) is 39.6. The molecule has 0 fully saturated rings. The number of rotatable bonds is 12. The zero-order chi connectivity index (χ0) is 25.4. The normalized spacial score (nSPS) is 13.1. The lowest BCUT2D eigenvalue weighted by molar-refractivity contribution is -0.144. The van der Waals surface area contributed by atoms with Crippen LogP contribution < -0.4 is 5.32 Å². The summed E-state index contributed by atoms with van der Waals surface area (Å²) in [5.74, 6) is -1.29. The highest BCUT2D eigenvalue weighted by Gasteiger charge is 2.29. The van der Waals surface area contributed by atoms with Crippen molar-refractivity contribution in [1.82, 2.24) is 15.1 Å². The van der Waals surface area contributed by atoms with E-state index in [9.17, 15) is 14.4 Å². The molecule has 2 amide bonds. The molecule has 2 aromatic carbocycles. The molecule has 0 saturated carbocycles. The van der Waals surface area contributed by atoms with Crippen LogP contribution in [0.1, 0.15) is 43.2 Å². The Kier molecular flexibility index (Phi) is 9.25. The predicted molar refractivity (Wildman–Crippen MR) is 134 cm³/mol. The van der Waals surface area contributed by atoms with Crippen LogP contribution in [0.2, 0.25) is 0 Å². The van der Waals surface area contributed by atoms with Crippen molar-refractivity contribution in [3.8, 4) is 11.1 Å². The molecule has 0 heterocycles. The number of fused-ring (bicyclic) bond motifs is 3. The van der Waals surface area contributed by atoms with Crippen molar-refractivity contribution in [3.63, 3.8) is 0 Å². The summed E-state index contributed by atoms with van der Waals surface area (Å²) in [6.07, 6.45) is 0.690. The van der Waals surface area contributed by atoms with Crippen molar-refractivity contribution in [3.05, 3.63) is 59.7 Å². The summed E-state index contributed by atoms with van der Waals surface area (Å²) >= 11 is 0. The van der Waals surface area contributed by atoms with Crippen molar-refractivity contribution < 1.29 is 24.2 Å². The second-order valence-electron chi connectivity index (χ2n) is 9.13. The Morgan fingerprint density at radius 2 is 1.60 bits per heavy atom. The van der Waals surface area contributed by atoms with Crippen LogP contribution >= 0.6 is 0 Å². The van der Waals surface area contributed by atoms with Gasteiger partial charge in [0.25, 0.3) is 0 Å². The third-order valence-corrected chi connectivity index (χ3v) is 6.36. The van der Waals surface area contributed by atoms with Crippen LogP contribution in [0.4, 0.5) is 4.79 Å². The van der Waals surface area contributed by atoms with E-state index in [4.69, 9.17) is 9.84 Å². The third kappa shape index (κ3) is 7.05. The molecule has 8 nitrogen and oxygen atoms in total. The average molecular weight is 482 g/mol. The molecule has 2 N–H and O–H groups in total. The molecule has 0 aliphatic heterocycles. The van der Waals surface area contributed by atoms with Gasteiger partial charge in [-0.15, -0.1) is 0 Å². The molecule has 0 bridgehead atoms. The SMILES string of the molecule is CCC(CCC(=O)N(CCN(C)C)CC(=O)O)NC(=O)OCC1c2ccccc2-c2ccccc21. The number of nitrogens with zero attached hydrogens (tertiary/aromatic N) is 2. The number of carboxylic acid groups (broad SMARTS) is 1. The standard InChI is InChI=1S/C27H35N3O5/c1-4-19(13-14-25(31)30(17-26(32)33)16-15-29(2)3)28-27(34)35-18-24-22-11-7-5-9-20(22)21-10-6-8-12-23(21)24/h5-12,19,24H,4,13-18H2,1-3H3,(H,28,34)(H,32,33). The molecule has 35 heavy (non-hydrogen) atoms. The first-order chi connectivity index (χ1) is 16.8. The van der Waals surface area contributed by atoms with E-state index < -0.39 is 12.1 Å². The van der Waals surface area contributed by atoms with Gasteiger partial charge >= 0.3 is 12.1 Å². The molecular formula is C27H35N3O5. The first-order valence-electron chi connectivity index (χ1n) is 12.1. The summed E-state index contributed by atoms with van der Waals surface area (Å²) in [7, 11) is 3.74. The maximum atomic E-state index is 12.6. The summed E-state index contributed by atoms with van der Waals surface area (Å²) in [6.45, 7) is 2.75. The molecule has 8 heteroatoms. The highest BCUT2D eigenvalue weighted by molar-refractivity contribution is 5.81. The molecule has 1 aliphatic rings. The average Bonchev–Trinajstić information content (AvgIpc) is 3.16. The van der Waals surface area contributed by atoms with Gasteiger partial charge in [-0.05, 0) is 49.2 Å². The summed E-state index contributed by atoms with van der Waals surface area (Å²) < 4.78 is 5.62. The first kappa shape index (κ1) is 26.2. The van der Waals surface area contributed by atoms with Gasteiger partial charge < -0.3 is 25.0 Å². The Labute approximate surface area is 206 Å². The van der Waals surface area contributed by atoms with E-state index >= 15 is 0 Å². The minimum Gasteiger partial charge on any atom is -0.480 e. The number of hydrogen-bond acceptors (Lipinski definition) is 5. The zero-order valence-electron chi connectivity index (χ0n) is 20.7. The number of carbonyl (C=O) groups is 3. The Morgan fingerprint density at radius 3 is 2.14 bits per heavy atom. The van der Waals surface area contributed by atoms with E-state index in [1.54, 1.807) is 0 Å². The third-order valence-electron chi connectivity index (χ3n) is 6.36. The lowest BCUT2D eigenvalue weighted by atomic mass is 9.98. The van der Waals surface area contributed by atoms with Gasteiger partial charge in [-0.1, -0.05) is 55.5 Å². The molecule has 0 spiro atoms. The molecule has 1 atom stereocenters. The number of ether oxygens (including phenoxy) is 1. The van der Waals surface area contributed by atoms with Crippen molar-refractivity contribution in [2.75, 3.05) is 40.3 Å². The van der Waals surface area contributed by atoms with E-state index in [1.165, 1.54) is 16.0 Å². The lowest BCUT2D eigenvalue weighted by Crippen LogP contribution is -2.41. The fourth-order valence-corrected chi connectivity index (χ4v) is 4.42. The zero-order valence-corrected chi connectivity index (χ0v) is 20.7. The quantitative estimate of drug-likeness (QED) is 0.481.